The molecule has 0 rings (SSSR count). The van der Waals surface area contributed by atoms with Gasteiger partial charge in [-0.1, -0.05) is 6.92 Å². The van der Waals surface area contributed by atoms with Crippen LogP contribution in [0, 0.1) is 0 Å². The van der Waals surface area contributed by atoms with Gasteiger partial charge in [0.2, 0.25) is 0 Å². The van der Waals surface area contributed by atoms with E-state index in [9.17, 15) is 0 Å². The monoisotopic (exact) mass is 176 g/mol. The molecular formula is C7H20OSi2. The third kappa shape index (κ3) is 5.20. The Bertz CT molecular complexity index is 105. The number of hydrogen-bond donors (Lipinski definition) is 0. The molecule has 10 heavy (non-hydrogen) atoms. The maximum absolute atomic E-state index is 6.05. The van der Waals surface area contributed by atoms with Crippen LogP contribution in [-0.2, 0) is 4.12 Å². The molecule has 0 aromatic carbocycles. The van der Waals surface area contributed by atoms with E-state index in [1.165, 1.54) is 6.04 Å². The molecule has 0 N–H and O–H groups in total. The highest BCUT2D eigenvalue weighted by Crippen LogP contribution is 2.16. The van der Waals surface area contributed by atoms with E-state index in [0.717, 1.165) is 0 Å². The summed E-state index contributed by atoms with van der Waals surface area (Å²) in [5.41, 5.74) is 0. The van der Waals surface area contributed by atoms with Crippen molar-refractivity contribution in [1.29, 1.82) is 0 Å². The first kappa shape index (κ1) is 10.4. The Hall–Kier alpha value is 0.394. The molecule has 62 valence electrons. The van der Waals surface area contributed by atoms with Crippen LogP contribution in [0.1, 0.15) is 6.92 Å². The third-order valence-corrected chi connectivity index (χ3v) is 7.80. The molecule has 0 aliphatic carbocycles. The second-order valence-electron chi connectivity index (χ2n) is 4.33. The minimum Gasteiger partial charge on any atom is -0.456 e. The summed E-state index contributed by atoms with van der Waals surface area (Å²) >= 11 is 0. The molecule has 0 aliphatic rings. The van der Waals surface area contributed by atoms with Crippen LogP contribution in [0.3, 0.4) is 0 Å². The normalized spacial score (nSPS) is 13.8. The van der Waals surface area contributed by atoms with Crippen LogP contribution in [-0.4, -0.2) is 16.6 Å². The lowest BCUT2D eigenvalue weighted by atomic mass is 11.0. The van der Waals surface area contributed by atoms with Gasteiger partial charge in [-0.25, -0.2) is 0 Å². The molecule has 0 atom stereocenters. The Morgan fingerprint density at radius 1 is 1.00 bits per heavy atom. The molecular weight excluding hydrogens is 156 g/mol. The fourth-order valence-corrected chi connectivity index (χ4v) is 8.11. The smallest absolute Gasteiger partial charge is 0.173 e. The van der Waals surface area contributed by atoms with E-state index in [4.69, 9.17) is 4.12 Å². The van der Waals surface area contributed by atoms with Gasteiger partial charge in [0.05, 0.1) is 0 Å². The summed E-state index contributed by atoms with van der Waals surface area (Å²) in [6.45, 7) is 13.6. The van der Waals surface area contributed by atoms with E-state index in [2.05, 4.69) is 39.7 Å². The van der Waals surface area contributed by atoms with Crippen molar-refractivity contribution >= 4 is 16.6 Å². The molecule has 0 heterocycles. The molecule has 0 spiro atoms. The topological polar surface area (TPSA) is 9.23 Å². The van der Waals surface area contributed by atoms with Crippen LogP contribution < -0.4 is 0 Å². The van der Waals surface area contributed by atoms with E-state index in [1.807, 2.05) is 0 Å². The molecule has 0 aromatic rings. The lowest BCUT2D eigenvalue weighted by molar-refractivity contribution is 0.550. The second-order valence-corrected chi connectivity index (χ2v) is 13.6. The van der Waals surface area contributed by atoms with Gasteiger partial charge in [0, 0.05) is 0 Å². The first-order chi connectivity index (χ1) is 4.27. The Morgan fingerprint density at radius 3 is 1.50 bits per heavy atom. The van der Waals surface area contributed by atoms with Gasteiger partial charge in [-0.05, 0) is 38.8 Å². The average molecular weight is 176 g/mol. The Balaban J connectivity index is 3.89. The molecule has 0 bridgehead atoms. The molecule has 0 aliphatic heterocycles. The summed E-state index contributed by atoms with van der Waals surface area (Å²) in [5.74, 6) is 0. The summed E-state index contributed by atoms with van der Waals surface area (Å²) in [5, 5.41) is 0. The van der Waals surface area contributed by atoms with Gasteiger partial charge in [-0.15, -0.1) is 0 Å². The van der Waals surface area contributed by atoms with Crippen molar-refractivity contribution in [3.63, 3.8) is 0 Å². The predicted octanol–water partition coefficient (Wildman–Crippen LogP) is 3.06. The zero-order valence-corrected chi connectivity index (χ0v) is 10.1. The second kappa shape index (κ2) is 3.19. The minimum atomic E-state index is -1.25. The molecule has 0 fully saturated rings. The van der Waals surface area contributed by atoms with Crippen LogP contribution >= 0.6 is 0 Å². The summed E-state index contributed by atoms with van der Waals surface area (Å²) < 4.78 is 6.05. The zero-order valence-electron chi connectivity index (χ0n) is 8.12. The molecule has 0 amide bonds. The van der Waals surface area contributed by atoms with E-state index in [-0.39, 0.29) is 0 Å². The molecule has 0 saturated carbocycles. The van der Waals surface area contributed by atoms with Crippen LogP contribution in [0.4, 0.5) is 0 Å². The SMILES string of the molecule is CC[Si](C)(C)O[Si](C)(C)C. The molecule has 0 radical (unpaired) electrons. The number of hydrogen-bond acceptors (Lipinski definition) is 1. The first-order valence-corrected chi connectivity index (χ1v) is 10.5. The minimum absolute atomic E-state index is 1.23. The quantitative estimate of drug-likeness (QED) is 0.601. The zero-order chi connectivity index (χ0) is 8.41. The third-order valence-electron chi connectivity index (χ3n) is 1.43. The summed E-state index contributed by atoms with van der Waals surface area (Å²) in [4.78, 5) is 0. The van der Waals surface area contributed by atoms with E-state index < -0.39 is 16.6 Å². The Kier molecular flexibility index (Phi) is 3.32. The standard InChI is InChI=1S/C7H20OSi2/c1-7-10(5,6)8-9(2,3)4/h7H2,1-6H3. The summed E-state index contributed by atoms with van der Waals surface area (Å²) in [6.07, 6.45) is 0. The van der Waals surface area contributed by atoms with Crippen LogP contribution in [0.5, 0.6) is 0 Å². The van der Waals surface area contributed by atoms with Gasteiger partial charge in [-0.2, -0.15) is 0 Å². The number of rotatable bonds is 3. The van der Waals surface area contributed by atoms with Crippen molar-refractivity contribution in [2.45, 2.75) is 45.7 Å². The summed E-state index contributed by atoms with van der Waals surface area (Å²) in [7, 11) is -2.50. The van der Waals surface area contributed by atoms with Crippen molar-refractivity contribution in [2.24, 2.45) is 0 Å². The largest absolute Gasteiger partial charge is 0.456 e. The van der Waals surface area contributed by atoms with Crippen LogP contribution in [0.2, 0.25) is 38.8 Å². The van der Waals surface area contributed by atoms with E-state index in [0.29, 0.717) is 0 Å². The van der Waals surface area contributed by atoms with Gasteiger partial charge >= 0.3 is 0 Å². The molecule has 0 saturated heterocycles. The fraction of sp³-hybridized carbons (Fsp3) is 1.00. The van der Waals surface area contributed by atoms with Crippen molar-refractivity contribution in [2.75, 3.05) is 0 Å². The summed E-state index contributed by atoms with van der Waals surface area (Å²) in [6, 6.07) is 1.23. The van der Waals surface area contributed by atoms with Gasteiger partial charge < -0.3 is 4.12 Å². The van der Waals surface area contributed by atoms with Gasteiger partial charge in [-0.3, -0.25) is 0 Å². The van der Waals surface area contributed by atoms with Gasteiger partial charge in [0.25, 0.3) is 0 Å². The fourth-order valence-electron chi connectivity index (χ4n) is 0.901. The van der Waals surface area contributed by atoms with Crippen LogP contribution in [0.25, 0.3) is 0 Å². The van der Waals surface area contributed by atoms with Gasteiger partial charge in [0.15, 0.2) is 16.6 Å². The molecule has 0 unspecified atom stereocenters. The van der Waals surface area contributed by atoms with Crippen molar-refractivity contribution in [1.82, 2.24) is 0 Å². The highest BCUT2D eigenvalue weighted by atomic mass is 28.4. The predicted molar refractivity (Wildman–Crippen MR) is 52.4 cm³/mol. The maximum atomic E-state index is 6.05. The highest BCUT2D eigenvalue weighted by molar-refractivity contribution is 6.84. The Morgan fingerprint density at radius 2 is 1.40 bits per heavy atom. The van der Waals surface area contributed by atoms with E-state index >= 15 is 0 Å². The van der Waals surface area contributed by atoms with Crippen molar-refractivity contribution in [3.05, 3.63) is 0 Å². The maximum Gasteiger partial charge on any atom is 0.173 e. The molecule has 0 aromatic heterocycles. The molecule has 3 heteroatoms. The van der Waals surface area contributed by atoms with Crippen molar-refractivity contribution in [3.8, 4) is 0 Å². The highest BCUT2D eigenvalue weighted by Gasteiger charge is 2.27. The van der Waals surface area contributed by atoms with Crippen LogP contribution in [0.15, 0.2) is 0 Å². The van der Waals surface area contributed by atoms with Gasteiger partial charge in [0.1, 0.15) is 0 Å². The first-order valence-electron chi connectivity index (χ1n) is 3.97. The lowest BCUT2D eigenvalue weighted by Crippen LogP contribution is -2.41. The molecule has 1 nitrogen and oxygen atoms in total. The van der Waals surface area contributed by atoms with E-state index in [1.54, 1.807) is 0 Å². The Labute approximate surface area is 67.1 Å². The van der Waals surface area contributed by atoms with Crippen molar-refractivity contribution < 1.29 is 4.12 Å². The lowest BCUT2D eigenvalue weighted by Gasteiger charge is -2.30. The average Bonchev–Trinajstić information content (AvgIpc) is 1.60.